The van der Waals surface area contributed by atoms with Crippen molar-refractivity contribution >= 4 is 40.8 Å². The summed E-state index contributed by atoms with van der Waals surface area (Å²) in [6.45, 7) is -0.156. The van der Waals surface area contributed by atoms with Crippen LogP contribution in [0.25, 0.3) is 6.08 Å². The summed E-state index contributed by atoms with van der Waals surface area (Å²) in [5, 5.41) is 0.821. The molecule has 0 bridgehead atoms. The van der Waals surface area contributed by atoms with Crippen molar-refractivity contribution in [3.8, 4) is 17.2 Å². The highest BCUT2D eigenvalue weighted by molar-refractivity contribution is 6.37. The summed E-state index contributed by atoms with van der Waals surface area (Å²) in [4.78, 5) is 25.0. The molecule has 0 amide bonds. The average Bonchev–Trinajstić information content (AvgIpc) is 3.09. The van der Waals surface area contributed by atoms with Crippen molar-refractivity contribution in [3.05, 3.63) is 93.2 Å². The van der Waals surface area contributed by atoms with Crippen LogP contribution in [0.4, 0.5) is 0 Å². The van der Waals surface area contributed by atoms with Crippen LogP contribution < -0.4 is 14.2 Å². The molecule has 0 saturated heterocycles. The molecule has 0 saturated carbocycles. The predicted molar refractivity (Wildman–Crippen MR) is 119 cm³/mol. The zero-order valence-electron chi connectivity index (χ0n) is 16.4. The third-order valence-electron chi connectivity index (χ3n) is 4.70. The van der Waals surface area contributed by atoms with Crippen molar-refractivity contribution in [2.75, 3.05) is 13.7 Å². The molecule has 1 aliphatic heterocycles. The van der Waals surface area contributed by atoms with E-state index in [1.807, 2.05) is 0 Å². The van der Waals surface area contributed by atoms with Crippen molar-refractivity contribution in [2.24, 2.45) is 0 Å². The molecule has 1 heterocycles. The van der Waals surface area contributed by atoms with Gasteiger partial charge in [-0.1, -0.05) is 29.3 Å². The van der Waals surface area contributed by atoms with Gasteiger partial charge in [0.1, 0.15) is 17.2 Å². The molecule has 0 aromatic heterocycles. The first-order valence-electron chi connectivity index (χ1n) is 9.28. The van der Waals surface area contributed by atoms with Gasteiger partial charge in [-0.25, -0.2) is 0 Å². The summed E-state index contributed by atoms with van der Waals surface area (Å²) >= 11 is 12.4. The van der Waals surface area contributed by atoms with E-state index < -0.39 is 0 Å². The Morgan fingerprint density at radius 2 is 1.68 bits per heavy atom. The van der Waals surface area contributed by atoms with Gasteiger partial charge < -0.3 is 14.2 Å². The fourth-order valence-electron chi connectivity index (χ4n) is 3.05. The summed E-state index contributed by atoms with van der Waals surface area (Å²) < 4.78 is 16.4. The number of hydrogen-bond acceptors (Lipinski definition) is 5. The summed E-state index contributed by atoms with van der Waals surface area (Å²) in [5.74, 6) is 1.05. The molecule has 0 spiro atoms. The third kappa shape index (κ3) is 4.43. The lowest BCUT2D eigenvalue weighted by atomic mass is 10.1. The van der Waals surface area contributed by atoms with Crippen molar-refractivity contribution < 1.29 is 23.8 Å². The van der Waals surface area contributed by atoms with Crippen LogP contribution in [0, 0.1) is 0 Å². The van der Waals surface area contributed by atoms with E-state index in [1.54, 1.807) is 67.8 Å². The Morgan fingerprint density at radius 3 is 2.35 bits per heavy atom. The summed E-state index contributed by atoms with van der Waals surface area (Å²) in [7, 11) is 1.56. The molecule has 3 aromatic carbocycles. The number of fused-ring (bicyclic) bond motifs is 1. The average molecular weight is 455 g/mol. The second-order valence-corrected chi connectivity index (χ2v) is 7.49. The second-order valence-electron chi connectivity index (χ2n) is 6.67. The molecule has 0 fully saturated rings. The van der Waals surface area contributed by atoms with Crippen LogP contribution >= 0.6 is 23.2 Å². The van der Waals surface area contributed by atoms with Crippen molar-refractivity contribution in [3.63, 3.8) is 0 Å². The topological polar surface area (TPSA) is 61.8 Å². The van der Waals surface area contributed by atoms with Gasteiger partial charge in [0.2, 0.25) is 5.78 Å². The highest BCUT2D eigenvalue weighted by atomic mass is 35.5. The van der Waals surface area contributed by atoms with E-state index in [0.717, 1.165) is 0 Å². The molecule has 0 unspecified atom stereocenters. The Balaban J connectivity index is 1.48. The quantitative estimate of drug-likeness (QED) is 0.343. The number of halogens is 2. The van der Waals surface area contributed by atoms with E-state index in [9.17, 15) is 9.59 Å². The molecule has 0 N–H and O–H groups in total. The van der Waals surface area contributed by atoms with Gasteiger partial charge in [0.15, 0.2) is 18.1 Å². The van der Waals surface area contributed by atoms with Crippen LogP contribution in [-0.2, 0) is 0 Å². The molecule has 4 rings (SSSR count). The zero-order chi connectivity index (χ0) is 22.0. The number of benzene rings is 3. The van der Waals surface area contributed by atoms with E-state index in [1.165, 1.54) is 6.08 Å². The standard InChI is InChI=1S/C24H16Cl2O5/c1-29-15-7-5-14(6-8-15)21(27)13-30-16-9-10-17-22(11-16)31-23(24(17)28)12-18-19(25)3-2-4-20(18)26/h2-12H,13H2,1H3/b23-12-. The van der Waals surface area contributed by atoms with Crippen LogP contribution in [0.15, 0.2) is 66.4 Å². The number of hydrogen-bond donors (Lipinski definition) is 0. The number of carbonyl (C=O) groups excluding carboxylic acids is 2. The van der Waals surface area contributed by atoms with E-state index in [0.29, 0.717) is 44.0 Å². The van der Waals surface area contributed by atoms with Crippen molar-refractivity contribution in [2.45, 2.75) is 0 Å². The Labute approximate surface area is 188 Å². The van der Waals surface area contributed by atoms with Gasteiger partial charge in [0, 0.05) is 27.2 Å². The van der Waals surface area contributed by atoms with Crippen molar-refractivity contribution in [1.29, 1.82) is 0 Å². The fraction of sp³-hybridized carbons (Fsp3) is 0.0833. The molecular weight excluding hydrogens is 439 g/mol. The lowest BCUT2D eigenvalue weighted by Gasteiger charge is -2.07. The second kappa shape index (κ2) is 8.84. The highest BCUT2D eigenvalue weighted by Gasteiger charge is 2.28. The predicted octanol–water partition coefficient (Wildman–Crippen LogP) is 5.88. The van der Waals surface area contributed by atoms with Gasteiger partial charge in [-0.3, -0.25) is 9.59 Å². The van der Waals surface area contributed by atoms with Gasteiger partial charge in [-0.05, 0) is 54.6 Å². The Bertz CT molecular complexity index is 1180. The Morgan fingerprint density at radius 1 is 1.00 bits per heavy atom. The van der Waals surface area contributed by atoms with E-state index in [4.69, 9.17) is 37.4 Å². The van der Waals surface area contributed by atoms with Gasteiger partial charge in [0.05, 0.1) is 12.7 Å². The largest absolute Gasteiger partial charge is 0.497 e. The molecule has 3 aromatic rings. The SMILES string of the molecule is COc1ccc(C(=O)COc2ccc3c(c2)O/C(=C\c2c(Cl)cccc2Cl)C3=O)cc1. The molecule has 31 heavy (non-hydrogen) atoms. The maximum atomic E-state index is 12.7. The van der Waals surface area contributed by atoms with Crippen LogP contribution in [0.1, 0.15) is 26.3 Å². The highest BCUT2D eigenvalue weighted by Crippen LogP contribution is 2.36. The van der Waals surface area contributed by atoms with Gasteiger partial charge in [0.25, 0.3) is 0 Å². The number of Topliss-reactive ketones (excluding diaryl/α,β-unsaturated/α-hetero) is 2. The minimum absolute atomic E-state index is 0.108. The molecule has 7 heteroatoms. The minimum Gasteiger partial charge on any atom is -0.497 e. The van der Waals surface area contributed by atoms with Crippen LogP contribution in [0.2, 0.25) is 10.0 Å². The van der Waals surface area contributed by atoms with E-state index >= 15 is 0 Å². The minimum atomic E-state index is -0.285. The van der Waals surface area contributed by atoms with Crippen molar-refractivity contribution in [1.82, 2.24) is 0 Å². The maximum Gasteiger partial charge on any atom is 0.231 e. The summed E-state index contributed by atoms with van der Waals surface area (Å²) in [6, 6.07) is 16.6. The monoisotopic (exact) mass is 454 g/mol. The molecule has 0 radical (unpaired) electrons. The normalized spacial score (nSPS) is 13.6. The first-order valence-corrected chi connectivity index (χ1v) is 10.0. The molecule has 5 nitrogen and oxygen atoms in total. The number of ether oxygens (including phenoxy) is 3. The summed E-state index contributed by atoms with van der Waals surface area (Å²) in [6.07, 6.45) is 1.51. The lowest BCUT2D eigenvalue weighted by molar-refractivity contribution is 0.0920. The first kappa shape index (κ1) is 21.0. The molecule has 1 aliphatic rings. The number of ketones is 2. The number of rotatable bonds is 6. The van der Waals surface area contributed by atoms with Crippen LogP contribution in [0.5, 0.6) is 17.2 Å². The molecule has 156 valence electrons. The maximum absolute atomic E-state index is 12.7. The summed E-state index contributed by atoms with van der Waals surface area (Å²) in [5.41, 5.74) is 1.40. The molecular formula is C24H16Cl2O5. The fourth-order valence-corrected chi connectivity index (χ4v) is 3.55. The molecule has 0 atom stereocenters. The van der Waals surface area contributed by atoms with Gasteiger partial charge in [-0.15, -0.1) is 0 Å². The number of methoxy groups -OCH3 is 1. The zero-order valence-corrected chi connectivity index (χ0v) is 17.9. The molecule has 0 aliphatic carbocycles. The Kier molecular flexibility index (Phi) is 5.98. The Hall–Kier alpha value is -3.28. The number of carbonyl (C=O) groups is 2. The van der Waals surface area contributed by atoms with Crippen LogP contribution in [0.3, 0.4) is 0 Å². The van der Waals surface area contributed by atoms with Gasteiger partial charge >= 0.3 is 0 Å². The first-order chi connectivity index (χ1) is 15.0. The van der Waals surface area contributed by atoms with E-state index in [2.05, 4.69) is 0 Å². The lowest BCUT2D eigenvalue weighted by Crippen LogP contribution is -2.11. The van der Waals surface area contributed by atoms with E-state index in [-0.39, 0.29) is 23.9 Å². The third-order valence-corrected chi connectivity index (χ3v) is 5.36. The van der Waals surface area contributed by atoms with Gasteiger partial charge in [-0.2, -0.15) is 0 Å². The number of allylic oxidation sites excluding steroid dienone is 1. The van der Waals surface area contributed by atoms with Crippen LogP contribution in [-0.4, -0.2) is 25.3 Å². The smallest absolute Gasteiger partial charge is 0.231 e.